The van der Waals surface area contributed by atoms with Crippen molar-refractivity contribution >= 4 is 23.3 Å². The van der Waals surface area contributed by atoms with Crippen molar-refractivity contribution < 1.29 is 14.3 Å². The zero-order chi connectivity index (χ0) is 12.3. The number of carbonyl (C=O) groups is 1. The Hall–Kier alpha value is -1.29. The highest BCUT2D eigenvalue weighted by Gasteiger charge is 2.21. The fourth-order valence-electron chi connectivity index (χ4n) is 1.29. The van der Waals surface area contributed by atoms with Crippen LogP contribution in [0.5, 0.6) is 0 Å². The molecule has 0 saturated carbocycles. The molecule has 1 aromatic rings. The van der Waals surface area contributed by atoms with E-state index < -0.39 is 17.8 Å². The zero-order valence-corrected chi connectivity index (χ0v) is 9.75. The first-order valence-electron chi connectivity index (χ1n) is 4.86. The summed E-state index contributed by atoms with van der Waals surface area (Å²) in [5, 5.41) is 12.0. The molecule has 1 atom stereocenters. The van der Waals surface area contributed by atoms with Gasteiger partial charge >= 0.3 is 5.97 Å². The zero-order valence-electron chi connectivity index (χ0n) is 9.00. The molecule has 0 fully saturated rings. The van der Waals surface area contributed by atoms with Crippen LogP contribution in [0.2, 0.25) is 5.02 Å². The number of carboxylic acid groups (broad SMARTS) is 1. The van der Waals surface area contributed by atoms with E-state index in [0.29, 0.717) is 10.7 Å². The molecule has 3 nitrogen and oxygen atoms in total. The predicted molar refractivity (Wildman–Crippen MR) is 61.3 cm³/mol. The molecule has 1 unspecified atom stereocenters. The van der Waals surface area contributed by atoms with Crippen LogP contribution < -0.4 is 5.32 Å². The highest BCUT2D eigenvalue weighted by atomic mass is 35.5. The Morgan fingerprint density at radius 3 is 2.62 bits per heavy atom. The molecule has 1 aromatic carbocycles. The van der Waals surface area contributed by atoms with Gasteiger partial charge < -0.3 is 10.4 Å². The molecule has 16 heavy (non-hydrogen) atoms. The van der Waals surface area contributed by atoms with E-state index in [-0.39, 0.29) is 5.92 Å². The standard InChI is InChI=1S/C11H13ClFNO2/c1-6(2)10(11(15)16)14-9-5-7(13)3-4-8(9)12/h3-6,10,14H,1-2H3,(H,15,16). The molecule has 5 heteroatoms. The predicted octanol–water partition coefficient (Wildman–Crippen LogP) is 3.00. The number of rotatable bonds is 4. The molecule has 1 rings (SSSR count). The summed E-state index contributed by atoms with van der Waals surface area (Å²) >= 11 is 5.83. The summed E-state index contributed by atoms with van der Waals surface area (Å²) in [6, 6.07) is 3.00. The van der Waals surface area contributed by atoms with Gasteiger partial charge in [-0.2, -0.15) is 0 Å². The van der Waals surface area contributed by atoms with Crippen molar-refractivity contribution in [3.05, 3.63) is 29.0 Å². The Balaban J connectivity index is 2.93. The second-order valence-electron chi connectivity index (χ2n) is 3.83. The van der Waals surface area contributed by atoms with Gasteiger partial charge in [-0.15, -0.1) is 0 Å². The van der Waals surface area contributed by atoms with E-state index in [2.05, 4.69) is 5.32 Å². The molecule has 0 aliphatic carbocycles. The molecule has 0 amide bonds. The Morgan fingerprint density at radius 2 is 2.12 bits per heavy atom. The lowest BCUT2D eigenvalue weighted by Crippen LogP contribution is -2.34. The number of anilines is 1. The highest BCUT2D eigenvalue weighted by molar-refractivity contribution is 6.33. The lowest BCUT2D eigenvalue weighted by atomic mass is 10.0. The lowest BCUT2D eigenvalue weighted by Gasteiger charge is -2.19. The summed E-state index contributed by atoms with van der Waals surface area (Å²) in [7, 11) is 0. The maximum absolute atomic E-state index is 13.0. The first-order chi connectivity index (χ1) is 7.41. The van der Waals surface area contributed by atoms with Gasteiger partial charge in [0.05, 0.1) is 10.7 Å². The van der Waals surface area contributed by atoms with E-state index in [1.807, 2.05) is 0 Å². The molecular formula is C11H13ClFNO2. The lowest BCUT2D eigenvalue weighted by molar-refractivity contribution is -0.138. The fourth-order valence-corrected chi connectivity index (χ4v) is 1.46. The average Bonchev–Trinajstić information content (AvgIpc) is 2.18. The third-order valence-corrected chi connectivity index (χ3v) is 2.50. The van der Waals surface area contributed by atoms with Gasteiger partial charge in [0, 0.05) is 0 Å². The van der Waals surface area contributed by atoms with E-state index in [1.54, 1.807) is 13.8 Å². The Bertz CT molecular complexity index is 396. The van der Waals surface area contributed by atoms with Crippen molar-refractivity contribution in [3.8, 4) is 0 Å². The van der Waals surface area contributed by atoms with Crippen molar-refractivity contribution in [1.82, 2.24) is 0 Å². The summed E-state index contributed by atoms with van der Waals surface area (Å²) in [5.41, 5.74) is 0.294. The van der Waals surface area contributed by atoms with Crippen LogP contribution in [0.1, 0.15) is 13.8 Å². The van der Waals surface area contributed by atoms with Gasteiger partial charge in [-0.05, 0) is 24.1 Å². The summed E-state index contributed by atoms with van der Waals surface area (Å²) in [6.07, 6.45) is 0. The van der Waals surface area contributed by atoms with E-state index >= 15 is 0 Å². The summed E-state index contributed by atoms with van der Waals surface area (Å²) in [6.45, 7) is 3.53. The smallest absolute Gasteiger partial charge is 0.326 e. The van der Waals surface area contributed by atoms with Crippen LogP contribution in [-0.2, 0) is 4.79 Å². The fraction of sp³-hybridized carbons (Fsp3) is 0.364. The van der Waals surface area contributed by atoms with E-state index in [4.69, 9.17) is 16.7 Å². The van der Waals surface area contributed by atoms with Crippen molar-refractivity contribution in [2.75, 3.05) is 5.32 Å². The van der Waals surface area contributed by atoms with Crippen molar-refractivity contribution in [2.24, 2.45) is 5.92 Å². The number of benzene rings is 1. The molecule has 0 aliphatic heterocycles. The largest absolute Gasteiger partial charge is 0.480 e. The maximum atomic E-state index is 13.0. The third-order valence-electron chi connectivity index (χ3n) is 2.17. The quantitative estimate of drug-likeness (QED) is 0.857. The van der Waals surface area contributed by atoms with Crippen LogP contribution in [0.4, 0.5) is 10.1 Å². The molecule has 0 spiro atoms. The molecule has 2 N–H and O–H groups in total. The molecule has 88 valence electrons. The average molecular weight is 246 g/mol. The van der Waals surface area contributed by atoms with Crippen LogP contribution in [0.15, 0.2) is 18.2 Å². The highest BCUT2D eigenvalue weighted by Crippen LogP contribution is 2.24. The third kappa shape index (κ3) is 3.10. The summed E-state index contributed by atoms with van der Waals surface area (Å²) < 4.78 is 13.0. The Morgan fingerprint density at radius 1 is 1.50 bits per heavy atom. The minimum absolute atomic E-state index is 0.128. The SMILES string of the molecule is CC(C)C(Nc1cc(F)ccc1Cl)C(=O)O. The number of hydrogen-bond donors (Lipinski definition) is 2. The number of halogens is 2. The first-order valence-corrected chi connectivity index (χ1v) is 5.24. The number of carboxylic acids is 1. The first kappa shape index (κ1) is 12.8. The minimum atomic E-state index is -0.990. The Labute approximate surface area is 98.2 Å². The molecular weight excluding hydrogens is 233 g/mol. The van der Waals surface area contributed by atoms with Gasteiger partial charge in [-0.3, -0.25) is 0 Å². The number of nitrogens with one attached hydrogen (secondary N) is 1. The minimum Gasteiger partial charge on any atom is -0.480 e. The van der Waals surface area contributed by atoms with Crippen molar-refractivity contribution in [2.45, 2.75) is 19.9 Å². The topological polar surface area (TPSA) is 49.3 Å². The summed E-state index contributed by atoms with van der Waals surface area (Å²) in [4.78, 5) is 10.9. The van der Waals surface area contributed by atoms with Crippen molar-refractivity contribution in [3.63, 3.8) is 0 Å². The Kier molecular flexibility index (Phi) is 4.12. The normalized spacial score (nSPS) is 12.6. The van der Waals surface area contributed by atoms with Gasteiger partial charge in [0.15, 0.2) is 0 Å². The van der Waals surface area contributed by atoms with E-state index in [1.165, 1.54) is 18.2 Å². The number of hydrogen-bond acceptors (Lipinski definition) is 2. The van der Waals surface area contributed by atoms with Gasteiger partial charge in [-0.1, -0.05) is 25.4 Å². The molecule has 0 aliphatic rings. The van der Waals surface area contributed by atoms with E-state index in [9.17, 15) is 9.18 Å². The molecule has 0 heterocycles. The van der Waals surface area contributed by atoms with Crippen LogP contribution in [-0.4, -0.2) is 17.1 Å². The van der Waals surface area contributed by atoms with Crippen LogP contribution in [0.3, 0.4) is 0 Å². The van der Waals surface area contributed by atoms with Gasteiger partial charge in [-0.25, -0.2) is 9.18 Å². The van der Waals surface area contributed by atoms with Gasteiger partial charge in [0.25, 0.3) is 0 Å². The van der Waals surface area contributed by atoms with Gasteiger partial charge in [0.1, 0.15) is 11.9 Å². The molecule has 0 saturated heterocycles. The summed E-state index contributed by atoms with van der Waals surface area (Å²) in [5.74, 6) is -1.58. The van der Waals surface area contributed by atoms with Crippen LogP contribution in [0, 0.1) is 11.7 Å². The maximum Gasteiger partial charge on any atom is 0.326 e. The monoisotopic (exact) mass is 245 g/mol. The number of aliphatic carboxylic acids is 1. The van der Waals surface area contributed by atoms with Crippen LogP contribution >= 0.6 is 11.6 Å². The van der Waals surface area contributed by atoms with E-state index in [0.717, 1.165) is 0 Å². The molecule has 0 radical (unpaired) electrons. The second-order valence-corrected chi connectivity index (χ2v) is 4.24. The van der Waals surface area contributed by atoms with Gasteiger partial charge in [0.2, 0.25) is 0 Å². The van der Waals surface area contributed by atoms with Crippen LogP contribution in [0.25, 0.3) is 0 Å². The second kappa shape index (κ2) is 5.16. The molecule has 0 bridgehead atoms. The molecule has 0 aromatic heterocycles. The van der Waals surface area contributed by atoms with Crippen molar-refractivity contribution in [1.29, 1.82) is 0 Å².